The SMILES string of the molecule is c1coc(-c2nc(CN3CCCCC3c3nccs3)no2)c1. The van der Waals surface area contributed by atoms with Crippen molar-refractivity contribution in [3.63, 3.8) is 0 Å². The lowest BCUT2D eigenvalue weighted by molar-refractivity contribution is 0.135. The number of thiazole rings is 1. The van der Waals surface area contributed by atoms with E-state index in [0.717, 1.165) is 13.0 Å². The fraction of sp³-hybridized carbons (Fsp3) is 0.400. The van der Waals surface area contributed by atoms with Crippen molar-refractivity contribution in [1.29, 1.82) is 0 Å². The summed E-state index contributed by atoms with van der Waals surface area (Å²) < 4.78 is 10.6. The summed E-state index contributed by atoms with van der Waals surface area (Å²) in [5.41, 5.74) is 0. The maximum atomic E-state index is 5.28. The van der Waals surface area contributed by atoms with Crippen molar-refractivity contribution in [3.05, 3.63) is 40.8 Å². The normalized spacial score (nSPS) is 19.5. The number of piperidine rings is 1. The van der Waals surface area contributed by atoms with Crippen molar-refractivity contribution in [2.24, 2.45) is 0 Å². The number of rotatable bonds is 4. The molecule has 0 aromatic carbocycles. The molecule has 0 bridgehead atoms. The van der Waals surface area contributed by atoms with Gasteiger partial charge in [-0.25, -0.2) is 4.98 Å². The Hall–Kier alpha value is -1.99. The molecule has 22 heavy (non-hydrogen) atoms. The summed E-state index contributed by atoms with van der Waals surface area (Å²) in [6, 6.07) is 3.98. The van der Waals surface area contributed by atoms with Gasteiger partial charge in [-0.3, -0.25) is 4.90 Å². The predicted molar refractivity (Wildman–Crippen MR) is 81.1 cm³/mol. The summed E-state index contributed by atoms with van der Waals surface area (Å²) in [6.07, 6.45) is 7.05. The van der Waals surface area contributed by atoms with Crippen LogP contribution in [0, 0.1) is 0 Å². The van der Waals surface area contributed by atoms with Crippen LogP contribution in [0.15, 0.2) is 38.9 Å². The van der Waals surface area contributed by atoms with E-state index >= 15 is 0 Å². The van der Waals surface area contributed by atoms with Crippen LogP contribution < -0.4 is 0 Å². The van der Waals surface area contributed by atoms with Crippen molar-refractivity contribution in [2.75, 3.05) is 6.54 Å². The van der Waals surface area contributed by atoms with Crippen LogP contribution in [-0.4, -0.2) is 26.6 Å². The molecule has 0 aliphatic carbocycles. The first kappa shape index (κ1) is 13.7. The van der Waals surface area contributed by atoms with Gasteiger partial charge in [-0.2, -0.15) is 4.98 Å². The Balaban J connectivity index is 1.52. The quantitative estimate of drug-likeness (QED) is 0.733. The Morgan fingerprint density at radius 1 is 1.36 bits per heavy atom. The lowest BCUT2D eigenvalue weighted by atomic mass is 10.0. The molecule has 3 aromatic rings. The van der Waals surface area contributed by atoms with Crippen molar-refractivity contribution in [3.8, 4) is 11.7 Å². The fourth-order valence-electron chi connectivity index (χ4n) is 2.86. The molecule has 4 rings (SSSR count). The van der Waals surface area contributed by atoms with Gasteiger partial charge in [-0.15, -0.1) is 11.3 Å². The Labute approximate surface area is 131 Å². The molecular weight excluding hydrogens is 300 g/mol. The fourth-order valence-corrected chi connectivity index (χ4v) is 3.67. The zero-order valence-electron chi connectivity index (χ0n) is 12.0. The molecule has 1 unspecified atom stereocenters. The predicted octanol–water partition coefficient (Wildman–Crippen LogP) is 3.51. The maximum absolute atomic E-state index is 5.28. The molecule has 1 atom stereocenters. The minimum Gasteiger partial charge on any atom is -0.459 e. The van der Waals surface area contributed by atoms with Crippen molar-refractivity contribution < 1.29 is 8.94 Å². The van der Waals surface area contributed by atoms with Crippen molar-refractivity contribution in [1.82, 2.24) is 20.0 Å². The second kappa shape index (κ2) is 6.02. The summed E-state index contributed by atoms with van der Waals surface area (Å²) in [5, 5.41) is 7.29. The molecule has 0 spiro atoms. The van der Waals surface area contributed by atoms with E-state index in [9.17, 15) is 0 Å². The van der Waals surface area contributed by atoms with E-state index in [2.05, 4.69) is 20.0 Å². The van der Waals surface area contributed by atoms with E-state index in [-0.39, 0.29) is 0 Å². The second-order valence-electron chi connectivity index (χ2n) is 5.35. The molecule has 1 saturated heterocycles. The topological polar surface area (TPSA) is 68.2 Å². The van der Waals surface area contributed by atoms with Crippen molar-refractivity contribution >= 4 is 11.3 Å². The van der Waals surface area contributed by atoms with Gasteiger partial charge in [0.15, 0.2) is 11.6 Å². The van der Waals surface area contributed by atoms with E-state index in [1.165, 1.54) is 17.8 Å². The number of aromatic nitrogens is 3. The monoisotopic (exact) mass is 316 g/mol. The summed E-state index contributed by atoms with van der Waals surface area (Å²) in [4.78, 5) is 11.3. The van der Waals surface area contributed by atoms with Crippen LogP contribution in [0.2, 0.25) is 0 Å². The first-order chi connectivity index (χ1) is 10.9. The van der Waals surface area contributed by atoms with Gasteiger partial charge in [0, 0.05) is 11.6 Å². The minimum atomic E-state index is 0.360. The molecule has 3 aromatic heterocycles. The Morgan fingerprint density at radius 3 is 3.18 bits per heavy atom. The molecule has 0 N–H and O–H groups in total. The van der Waals surface area contributed by atoms with Gasteiger partial charge in [0.05, 0.1) is 18.8 Å². The van der Waals surface area contributed by atoms with Gasteiger partial charge >= 0.3 is 0 Å². The highest BCUT2D eigenvalue weighted by Gasteiger charge is 2.27. The summed E-state index contributed by atoms with van der Waals surface area (Å²) in [5.74, 6) is 1.73. The molecule has 6 nitrogen and oxygen atoms in total. The molecule has 1 fully saturated rings. The van der Waals surface area contributed by atoms with Crippen LogP contribution >= 0.6 is 11.3 Å². The van der Waals surface area contributed by atoms with Gasteiger partial charge in [-0.05, 0) is 31.5 Å². The highest BCUT2D eigenvalue weighted by Crippen LogP contribution is 2.33. The lowest BCUT2D eigenvalue weighted by Gasteiger charge is -2.33. The van der Waals surface area contributed by atoms with Gasteiger partial charge in [-0.1, -0.05) is 11.6 Å². The van der Waals surface area contributed by atoms with Crippen molar-refractivity contribution in [2.45, 2.75) is 31.8 Å². The van der Waals surface area contributed by atoms with E-state index in [0.29, 0.717) is 30.1 Å². The van der Waals surface area contributed by atoms with Crippen LogP contribution in [0.25, 0.3) is 11.7 Å². The molecule has 0 radical (unpaired) electrons. The largest absolute Gasteiger partial charge is 0.459 e. The molecule has 1 aliphatic rings. The Kier molecular flexibility index (Phi) is 3.74. The Morgan fingerprint density at radius 2 is 2.36 bits per heavy atom. The number of hydrogen-bond acceptors (Lipinski definition) is 7. The lowest BCUT2D eigenvalue weighted by Crippen LogP contribution is -2.33. The third-order valence-corrected chi connectivity index (χ3v) is 4.77. The van der Waals surface area contributed by atoms with Crippen LogP contribution in [0.4, 0.5) is 0 Å². The van der Waals surface area contributed by atoms with E-state index in [4.69, 9.17) is 8.94 Å². The van der Waals surface area contributed by atoms with Crippen LogP contribution in [0.1, 0.15) is 36.1 Å². The standard InChI is InChI=1S/C15H16N4O2S/c1-2-7-19(11(4-1)15-16-6-9-22-15)10-13-17-14(21-18-13)12-5-3-8-20-12/h3,5-6,8-9,11H,1-2,4,7,10H2. The molecule has 7 heteroatoms. The number of hydrogen-bond donors (Lipinski definition) is 0. The summed E-state index contributed by atoms with van der Waals surface area (Å²) >= 11 is 1.71. The summed E-state index contributed by atoms with van der Waals surface area (Å²) in [7, 11) is 0. The van der Waals surface area contributed by atoms with Gasteiger partial charge < -0.3 is 8.94 Å². The van der Waals surface area contributed by atoms with Crippen LogP contribution in [0.5, 0.6) is 0 Å². The molecule has 0 saturated carbocycles. The third-order valence-electron chi connectivity index (χ3n) is 3.89. The smallest absolute Gasteiger partial charge is 0.293 e. The molecule has 0 amide bonds. The molecular formula is C15H16N4O2S. The minimum absolute atomic E-state index is 0.360. The van der Waals surface area contributed by atoms with Crippen LogP contribution in [0.3, 0.4) is 0 Å². The van der Waals surface area contributed by atoms with E-state index < -0.39 is 0 Å². The average Bonchev–Trinajstić information content (AvgIpc) is 3.30. The molecule has 114 valence electrons. The first-order valence-corrected chi connectivity index (χ1v) is 8.28. The van der Waals surface area contributed by atoms with Gasteiger partial charge in [0.2, 0.25) is 0 Å². The number of furan rings is 1. The number of nitrogens with zero attached hydrogens (tertiary/aromatic N) is 4. The molecule has 4 heterocycles. The van der Waals surface area contributed by atoms with Gasteiger partial charge in [0.25, 0.3) is 5.89 Å². The van der Waals surface area contributed by atoms with E-state index in [1.807, 2.05) is 23.7 Å². The second-order valence-corrected chi connectivity index (χ2v) is 6.27. The highest BCUT2D eigenvalue weighted by molar-refractivity contribution is 7.09. The van der Waals surface area contributed by atoms with Crippen LogP contribution in [-0.2, 0) is 6.54 Å². The summed E-state index contributed by atoms with van der Waals surface area (Å²) in [6.45, 7) is 1.71. The first-order valence-electron chi connectivity index (χ1n) is 7.40. The zero-order valence-corrected chi connectivity index (χ0v) is 12.8. The van der Waals surface area contributed by atoms with E-state index in [1.54, 1.807) is 17.6 Å². The highest BCUT2D eigenvalue weighted by atomic mass is 32.1. The average molecular weight is 316 g/mol. The zero-order chi connectivity index (χ0) is 14.8. The van der Waals surface area contributed by atoms with Gasteiger partial charge in [0.1, 0.15) is 5.01 Å². The maximum Gasteiger partial charge on any atom is 0.293 e. The molecule has 1 aliphatic heterocycles. The number of likely N-dealkylation sites (tertiary alicyclic amines) is 1. The Bertz CT molecular complexity index is 708. The third kappa shape index (κ3) is 2.69.